The molecule has 0 unspecified atom stereocenters. The minimum absolute atomic E-state index is 0.287. The first-order valence-corrected chi connectivity index (χ1v) is 10.3. The molecule has 0 radical (unpaired) electrons. The van der Waals surface area contributed by atoms with Gasteiger partial charge in [0.25, 0.3) is 5.89 Å². The van der Waals surface area contributed by atoms with Crippen molar-refractivity contribution in [3.05, 3.63) is 76.7 Å². The van der Waals surface area contributed by atoms with Crippen molar-refractivity contribution in [2.24, 2.45) is 0 Å². The number of halogens is 1. The second-order valence-corrected chi connectivity index (χ2v) is 7.83. The van der Waals surface area contributed by atoms with Crippen LogP contribution in [0.1, 0.15) is 28.8 Å². The molecule has 5 aromatic rings. The summed E-state index contributed by atoms with van der Waals surface area (Å²) in [5.41, 5.74) is 5.12. The summed E-state index contributed by atoms with van der Waals surface area (Å²) >= 11 is 6.38. The number of hydrogen-bond donors (Lipinski definition) is 1. The minimum Gasteiger partial charge on any atom is -0.402 e. The Morgan fingerprint density at radius 3 is 3.00 bits per heavy atom. The number of hydrogen-bond acceptors (Lipinski definition) is 7. The van der Waals surface area contributed by atoms with Gasteiger partial charge in [-0.3, -0.25) is 0 Å². The smallest absolute Gasteiger partial charge is 0.319 e. The van der Waals surface area contributed by atoms with Gasteiger partial charge in [-0.1, -0.05) is 22.8 Å². The highest BCUT2D eigenvalue weighted by molar-refractivity contribution is 6.33. The van der Waals surface area contributed by atoms with Gasteiger partial charge in [-0.25, -0.2) is 14.5 Å². The van der Waals surface area contributed by atoms with E-state index in [2.05, 4.69) is 25.1 Å². The van der Waals surface area contributed by atoms with Gasteiger partial charge in [-0.2, -0.15) is 5.10 Å². The van der Waals surface area contributed by atoms with Crippen molar-refractivity contribution in [3.8, 4) is 11.6 Å². The second kappa shape index (κ2) is 6.92. The van der Waals surface area contributed by atoms with E-state index in [1.807, 2.05) is 54.4 Å². The van der Waals surface area contributed by atoms with Crippen molar-refractivity contribution >= 4 is 23.1 Å². The number of pyridine rings is 2. The van der Waals surface area contributed by atoms with Crippen LogP contribution in [0, 0.1) is 6.92 Å². The molecule has 10 heteroatoms. The third kappa shape index (κ3) is 2.97. The monoisotopic (exact) mass is 432 g/mol. The molecule has 0 aliphatic carbocycles. The van der Waals surface area contributed by atoms with E-state index in [1.165, 1.54) is 0 Å². The lowest BCUT2D eigenvalue weighted by Gasteiger charge is -2.32. The number of fused-ring (bicyclic) bond motifs is 2. The predicted molar refractivity (Wildman–Crippen MR) is 114 cm³/mol. The van der Waals surface area contributed by atoms with E-state index in [9.17, 15) is 0 Å². The van der Waals surface area contributed by atoms with E-state index in [-0.39, 0.29) is 6.04 Å². The summed E-state index contributed by atoms with van der Waals surface area (Å²) in [6.07, 6.45) is 4.36. The zero-order chi connectivity index (χ0) is 20.9. The van der Waals surface area contributed by atoms with Crippen molar-refractivity contribution < 1.29 is 4.42 Å². The molecule has 31 heavy (non-hydrogen) atoms. The Hall–Kier alpha value is -3.72. The Bertz CT molecular complexity index is 1400. The van der Waals surface area contributed by atoms with Gasteiger partial charge in [0.15, 0.2) is 0 Å². The summed E-state index contributed by atoms with van der Waals surface area (Å²) in [6, 6.07) is 11.5. The van der Waals surface area contributed by atoms with Crippen molar-refractivity contribution in [1.29, 1.82) is 0 Å². The molecule has 1 aliphatic heterocycles. The van der Waals surface area contributed by atoms with E-state index in [4.69, 9.17) is 21.1 Å². The van der Waals surface area contributed by atoms with Crippen LogP contribution in [0.4, 0.5) is 6.01 Å². The van der Waals surface area contributed by atoms with Crippen LogP contribution in [0.5, 0.6) is 0 Å². The molecule has 154 valence electrons. The van der Waals surface area contributed by atoms with Gasteiger partial charge in [-0.15, -0.1) is 5.10 Å². The minimum atomic E-state index is -0.287. The van der Waals surface area contributed by atoms with Gasteiger partial charge in [0.1, 0.15) is 11.7 Å². The SMILES string of the molecule is Cc1cccc(-c2nnc(N3CCc4[nH]cnc4[C@@H]3c3cc4c(Cl)cccn4n3)o2)n1. The van der Waals surface area contributed by atoms with E-state index < -0.39 is 0 Å². The molecule has 9 nitrogen and oxygen atoms in total. The molecule has 1 atom stereocenters. The topological polar surface area (TPSA) is 101 Å². The average molecular weight is 433 g/mol. The maximum Gasteiger partial charge on any atom is 0.319 e. The van der Waals surface area contributed by atoms with Crippen molar-refractivity contribution in [3.63, 3.8) is 0 Å². The molecule has 6 rings (SSSR count). The van der Waals surface area contributed by atoms with Crippen molar-refractivity contribution in [1.82, 2.24) is 34.8 Å². The summed E-state index contributed by atoms with van der Waals surface area (Å²) in [4.78, 5) is 14.3. The number of nitrogens with zero attached hydrogens (tertiary/aromatic N) is 7. The number of aromatic amines is 1. The molecular weight excluding hydrogens is 416 g/mol. The zero-order valence-corrected chi connectivity index (χ0v) is 17.3. The molecule has 0 saturated carbocycles. The van der Waals surface area contributed by atoms with Gasteiger partial charge in [0.2, 0.25) is 0 Å². The number of anilines is 1. The Morgan fingerprint density at radius 2 is 2.13 bits per heavy atom. The quantitative estimate of drug-likeness (QED) is 0.464. The molecule has 0 aromatic carbocycles. The molecule has 6 heterocycles. The van der Waals surface area contributed by atoms with E-state index in [0.717, 1.165) is 34.7 Å². The first kappa shape index (κ1) is 18.1. The van der Waals surface area contributed by atoms with Gasteiger partial charge in [0, 0.05) is 30.6 Å². The van der Waals surface area contributed by atoms with Gasteiger partial charge in [-0.05, 0) is 37.3 Å². The fourth-order valence-corrected chi connectivity index (χ4v) is 4.23. The molecule has 0 bridgehead atoms. The first-order chi connectivity index (χ1) is 15.2. The second-order valence-electron chi connectivity index (χ2n) is 7.42. The predicted octanol–water partition coefficient (Wildman–Crippen LogP) is 3.62. The third-order valence-electron chi connectivity index (χ3n) is 5.44. The average Bonchev–Trinajstić information content (AvgIpc) is 3.52. The third-order valence-corrected chi connectivity index (χ3v) is 5.76. The molecule has 0 saturated heterocycles. The highest BCUT2D eigenvalue weighted by Crippen LogP contribution is 2.37. The number of rotatable bonds is 3. The van der Waals surface area contributed by atoms with E-state index in [1.54, 1.807) is 10.8 Å². The number of aryl methyl sites for hydroxylation is 1. The highest BCUT2D eigenvalue weighted by Gasteiger charge is 2.36. The summed E-state index contributed by atoms with van der Waals surface area (Å²) < 4.78 is 7.82. The van der Waals surface area contributed by atoms with E-state index in [0.29, 0.717) is 29.2 Å². The molecule has 0 fully saturated rings. The Labute approximate surface area is 181 Å². The standard InChI is InChI=1S/C21H17ClN8O/c1-12-4-2-6-15(25-12)20-26-27-21(31-20)29-9-7-14-18(24-11-23-14)19(29)16-10-17-13(22)5-3-8-30(17)28-16/h2-6,8,10-11,19H,7,9H2,1H3,(H,23,24)/t19-/m0/s1. The van der Waals surface area contributed by atoms with E-state index >= 15 is 0 Å². The lowest BCUT2D eigenvalue weighted by molar-refractivity contribution is 0.502. The van der Waals surface area contributed by atoms with Crippen LogP contribution < -0.4 is 4.90 Å². The molecule has 0 spiro atoms. The van der Waals surface area contributed by atoms with Crippen LogP contribution in [0.15, 0.2) is 53.3 Å². The number of aromatic nitrogens is 7. The van der Waals surface area contributed by atoms with Crippen LogP contribution in [0.3, 0.4) is 0 Å². The summed E-state index contributed by atoms with van der Waals surface area (Å²) in [5, 5.41) is 14.0. The molecule has 1 N–H and O–H groups in total. The van der Waals surface area contributed by atoms with Crippen LogP contribution in [-0.2, 0) is 6.42 Å². The van der Waals surface area contributed by atoms with Gasteiger partial charge >= 0.3 is 6.01 Å². The number of imidazole rings is 1. The highest BCUT2D eigenvalue weighted by atomic mass is 35.5. The molecule has 1 aliphatic rings. The zero-order valence-electron chi connectivity index (χ0n) is 16.5. The van der Waals surface area contributed by atoms with Crippen LogP contribution in [-0.4, -0.2) is 41.3 Å². The molecular formula is C21H17ClN8O. The number of H-pyrrole nitrogens is 1. The van der Waals surface area contributed by atoms with Crippen LogP contribution in [0.25, 0.3) is 17.1 Å². The largest absolute Gasteiger partial charge is 0.402 e. The maximum absolute atomic E-state index is 6.38. The summed E-state index contributed by atoms with van der Waals surface area (Å²) in [7, 11) is 0. The van der Waals surface area contributed by atoms with Crippen LogP contribution in [0.2, 0.25) is 5.02 Å². The Balaban J connectivity index is 1.45. The fraction of sp³-hybridized carbons (Fsp3) is 0.190. The lowest BCUT2D eigenvalue weighted by atomic mass is 10.0. The summed E-state index contributed by atoms with van der Waals surface area (Å²) in [5.74, 6) is 0.378. The maximum atomic E-state index is 6.38. The lowest BCUT2D eigenvalue weighted by Crippen LogP contribution is -2.36. The number of nitrogens with one attached hydrogen (secondary N) is 1. The van der Waals surface area contributed by atoms with Gasteiger partial charge < -0.3 is 14.3 Å². The first-order valence-electron chi connectivity index (χ1n) is 9.87. The summed E-state index contributed by atoms with van der Waals surface area (Å²) in [6.45, 7) is 2.60. The van der Waals surface area contributed by atoms with Gasteiger partial charge in [0.05, 0.1) is 28.3 Å². The Morgan fingerprint density at radius 1 is 1.19 bits per heavy atom. The normalized spacial score (nSPS) is 16.1. The Kier molecular flexibility index (Phi) is 4.03. The molecule has 5 aromatic heterocycles. The molecule has 0 amide bonds. The van der Waals surface area contributed by atoms with Crippen molar-refractivity contribution in [2.45, 2.75) is 19.4 Å². The van der Waals surface area contributed by atoms with Crippen molar-refractivity contribution in [2.75, 3.05) is 11.4 Å². The van der Waals surface area contributed by atoms with Crippen LogP contribution >= 0.6 is 11.6 Å². The fourth-order valence-electron chi connectivity index (χ4n) is 4.01.